The van der Waals surface area contributed by atoms with Crippen molar-refractivity contribution in [1.29, 1.82) is 0 Å². The van der Waals surface area contributed by atoms with Crippen LogP contribution in [0.4, 0.5) is 0 Å². The van der Waals surface area contributed by atoms with E-state index in [0.29, 0.717) is 11.4 Å². The van der Waals surface area contributed by atoms with Crippen molar-refractivity contribution in [1.82, 2.24) is 24.3 Å². The minimum atomic E-state index is -0.398. The standard InChI is InChI=1S/C19H15N5O2/c25-19(16-6-8-21-18(12-16)23-11-9-20-14-23)26-13-15-2-4-17(5-3-15)24-10-1-7-22-24/h1-12,14H,13H2. The van der Waals surface area contributed by atoms with Crippen molar-refractivity contribution < 1.29 is 9.53 Å². The van der Waals surface area contributed by atoms with Crippen LogP contribution in [-0.2, 0) is 11.3 Å². The van der Waals surface area contributed by atoms with E-state index in [1.54, 1.807) is 52.5 Å². The Morgan fingerprint density at radius 3 is 2.65 bits per heavy atom. The summed E-state index contributed by atoms with van der Waals surface area (Å²) < 4.78 is 8.90. The van der Waals surface area contributed by atoms with Gasteiger partial charge in [0.05, 0.1) is 11.3 Å². The van der Waals surface area contributed by atoms with Crippen molar-refractivity contribution in [2.45, 2.75) is 6.61 Å². The summed E-state index contributed by atoms with van der Waals surface area (Å²) in [5.41, 5.74) is 2.29. The van der Waals surface area contributed by atoms with E-state index in [0.717, 1.165) is 11.3 Å². The zero-order valence-corrected chi connectivity index (χ0v) is 13.8. The smallest absolute Gasteiger partial charge is 0.338 e. The highest BCUT2D eigenvalue weighted by molar-refractivity contribution is 5.89. The number of esters is 1. The molecule has 0 unspecified atom stereocenters. The van der Waals surface area contributed by atoms with Crippen molar-refractivity contribution in [3.8, 4) is 11.5 Å². The second-order valence-corrected chi connectivity index (χ2v) is 5.57. The summed E-state index contributed by atoms with van der Waals surface area (Å²) in [5.74, 6) is 0.213. The Morgan fingerprint density at radius 1 is 1.04 bits per heavy atom. The molecule has 3 aromatic heterocycles. The molecule has 0 atom stereocenters. The summed E-state index contributed by atoms with van der Waals surface area (Å²) >= 11 is 0. The van der Waals surface area contributed by atoms with Gasteiger partial charge in [-0.25, -0.2) is 19.4 Å². The van der Waals surface area contributed by atoms with Crippen molar-refractivity contribution in [2.24, 2.45) is 0 Å². The van der Waals surface area contributed by atoms with Gasteiger partial charge in [-0.1, -0.05) is 12.1 Å². The predicted octanol–water partition coefficient (Wildman–Crippen LogP) is 2.81. The first kappa shape index (κ1) is 15.8. The van der Waals surface area contributed by atoms with Crippen LogP contribution in [0.5, 0.6) is 0 Å². The minimum absolute atomic E-state index is 0.195. The third-order valence-electron chi connectivity index (χ3n) is 3.83. The van der Waals surface area contributed by atoms with Gasteiger partial charge in [-0.15, -0.1) is 0 Å². The number of ether oxygens (including phenoxy) is 1. The van der Waals surface area contributed by atoms with Gasteiger partial charge in [-0.05, 0) is 35.9 Å². The third-order valence-corrected chi connectivity index (χ3v) is 3.83. The first-order valence-electron chi connectivity index (χ1n) is 8.00. The summed E-state index contributed by atoms with van der Waals surface area (Å²) in [4.78, 5) is 20.5. The molecule has 0 aliphatic rings. The molecule has 0 radical (unpaired) electrons. The molecule has 1 aromatic carbocycles. The molecule has 0 saturated carbocycles. The number of hydrogen-bond donors (Lipinski definition) is 0. The van der Waals surface area contributed by atoms with Gasteiger partial charge < -0.3 is 4.74 Å². The Morgan fingerprint density at radius 2 is 1.92 bits per heavy atom. The lowest BCUT2D eigenvalue weighted by Gasteiger charge is -2.07. The zero-order chi connectivity index (χ0) is 17.8. The van der Waals surface area contributed by atoms with E-state index in [4.69, 9.17) is 4.74 Å². The average Bonchev–Trinajstić information content (AvgIpc) is 3.40. The van der Waals surface area contributed by atoms with Gasteiger partial charge in [0.1, 0.15) is 18.8 Å². The van der Waals surface area contributed by atoms with Crippen molar-refractivity contribution >= 4 is 5.97 Å². The van der Waals surface area contributed by atoms with Gasteiger partial charge >= 0.3 is 5.97 Å². The molecule has 0 amide bonds. The molecule has 26 heavy (non-hydrogen) atoms. The fraction of sp³-hybridized carbons (Fsp3) is 0.0526. The third kappa shape index (κ3) is 3.36. The molecular weight excluding hydrogens is 330 g/mol. The maximum Gasteiger partial charge on any atom is 0.338 e. The Kier molecular flexibility index (Phi) is 4.26. The molecule has 7 nitrogen and oxygen atoms in total. The Balaban J connectivity index is 1.42. The van der Waals surface area contributed by atoms with Gasteiger partial charge in [-0.2, -0.15) is 5.10 Å². The monoisotopic (exact) mass is 345 g/mol. The molecule has 0 spiro atoms. The maximum atomic E-state index is 12.3. The first-order valence-corrected chi connectivity index (χ1v) is 8.00. The normalized spacial score (nSPS) is 10.6. The Labute approximate surface area is 149 Å². The topological polar surface area (TPSA) is 74.8 Å². The van der Waals surface area contributed by atoms with Crippen LogP contribution in [0.3, 0.4) is 0 Å². The molecule has 0 saturated heterocycles. The van der Waals surface area contributed by atoms with Gasteiger partial charge in [0.25, 0.3) is 0 Å². The molecule has 0 fully saturated rings. The van der Waals surface area contributed by atoms with Crippen molar-refractivity contribution in [2.75, 3.05) is 0 Å². The first-order chi connectivity index (χ1) is 12.8. The highest BCUT2D eigenvalue weighted by Crippen LogP contribution is 2.12. The highest BCUT2D eigenvalue weighted by atomic mass is 16.5. The molecule has 0 N–H and O–H groups in total. The number of nitrogens with zero attached hydrogens (tertiary/aromatic N) is 5. The van der Waals surface area contributed by atoms with E-state index in [9.17, 15) is 4.79 Å². The number of benzene rings is 1. The highest BCUT2D eigenvalue weighted by Gasteiger charge is 2.10. The second kappa shape index (κ2) is 7.02. The van der Waals surface area contributed by atoms with Crippen LogP contribution >= 0.6 is 0 Å². The van der Waals surface area contributed by atoms with Crippen LogP contribution in [0.15, 0.2) is 79.8 Å². The lowest BCUT2D eigenvalue weighted by molar-refractivity contribution is 0.0472. The number of rotatable bonds is 5. The lowest BCUT2D eigenvalue weighted by Crippen LogP contribution is -2.07. The minimum Gasteiger partial charge on any atom is -0.457 e. The molecule has 0 bridgehead atoms. The maximum absolute atomic E-state index is 12.3. The number of imidazole rings is 1. The molecule has 128 valence electrons. The van der Waals surface area contributed by atoms with E-state index in [2.05, 4.69) is 15.1 Å². The van der Waals surface area contributed by atoms with Crippen LogP contribution in [-0.4, -0.2) is 30.3 Å². The molecule has 4 aromatic rings. The number of hydrogen-bond acceptors (Lipinski definition) is 5. The van der Waals surface area contributed by atoms with Gasteiger partial charge in [-0.3, -0.25) is 4.57 Å². The lowest BCUT2D eigenvalue weighted by atomic mass is 10.2. The van der Waals surface area contributed by atoms with Crippen LogP contribution < -0.4 is 0 Å². The number of pyridine rings is 1. The van der Waals surface area contributed by atoms with Crippen molar-refractivity contribution in [3.05, 3.63) is 90.9 Å². The van der Waals surface area contributed by atoms with Gasteiger partial charge in [0, 0.05) is 31.0 Å². The summed E-state index contributed by atoms with van der Waals surface area (Å²) in [6, 6.07) is 12.8. The Bertz CT molecular complexity index is 993. The molecule has 3 heterocycles. The Hall–Kier alpha value is -3.74. The summed E-state index contributed by atoms with van der Waals surface area (Å²) in [7, 11) is 0. The summed E-state index contributed by atoms with van der Waals surface area (Å²) in [6.45, 7) is 0.195. The largest absolute Gasteiger partial charge is 0.457 e. The SMILES string of the molecule is O=C(OCc1ccc(-n2cccn2)cc1)c1ccnc(-n2ccnc2)c1. The van der Waals surface area contributed by atoms with Crippen LogP contribution in [0.2, 0.25) is 0 Å². The van der Waals surface area contributed by atoms with E-state index < -0.39 is 5.97 Å². The molecule has 7 heteroatoms. The van der Waals surface area contributed by atoms with E-state index >= 15 is 0 Å². The van der Waals surface area contributed by atoms with Gasteiger partial charge in [0.15, 0.2) is 0 Å². The number of carbonyl (C=O) groups is 1. The zero-order valence-electron chi connectivity index (χ0n) is 13.8. The fourth-order valence-corrected chi connectivity index (χ4v) is 2.48. The summed E-state index contributed by atoms with van der Waals surface area (Å²) in [6.07, 6.45) is 10.2. The van der Waals surface area contributed by atoms with E-state index in [1.807, 2.05) is 36.5 Å². The number of carbonyl (C=O) groups excluding carboxylic acids is 1. The molecule has 0 aliphatic heterocycles. The van der Waals surface area contributed by atoms with Gasteiger partial charge in [0.2, 0.25) is 0 Å². The van der Waals surface area contributed by atoms with E-state index in [-0.39, 0.29) is 6.61 Å². The predicted molar refractivity (Wildman–Crippen MR) is 94.0 cm³/mol. The molecule has 4 rings (SSSR count). The van der Waals surface area contributed by atoms with Crippen LogP contribution in [0, 0.1) is 0 Å². The summed E-state index contributed by atoms with van der Waals surface area (Å²) in [5, 5.41) is 4.18. The average molecular weight is 345 g/mol. The van der Waals surface area contributed by atoms with Crippen LogP contribution in [0.1, 0.15) is 15.9 Å². The molecular formula is C19H15N5O2. The second-order valence-electron chi connectivity index (χ2n) is 5.57. The number of aromatic nitrogens is 5. The van der Waals surface area contributed by atoms with Crippen molar-refractivity contribution in [3.63, 3.8) is 0 Å². The van der Waals surface area contributed by atoms with Crippen LogP contribution in [0.25, 0.3) is 11.5 Å². The van der Waals surface area contributed by atoms with E-state index in [1.165, 1.54) is 0 Å². The molecule has 0 aliphatic carbocycles. The fourth-order valence-electron chi connectivity index (χ4n) is 2.48. The quantitative estimate of drug-likeness (QED) is 0.520.